The Morgan fingerprint density at radius 1 is 1.47 bits per heavy atom. The number of carbonyl (C=O) groups is 1. The number of Topliss-reactive ketones (excluding diaryl/α,β-unsaturated/α-hetero) is 1. The molecule has 0 atom stereocenters. The summed E-state index contributed by atoms with van der Waals surface area (Å²) in [5.74, 6) is 0.272. The Morgan fingerprint density at radius 2 is 2.20 bits per heavy atom. The summed E-state index contributed by atoms with van der Waals surface area (Å²) in [6, 6.07) is 4.03. The first kappa shape index (κ1) is 11.9. The van der Waals surface area contributed by atoms with E-state index < -0.39 is 0 Å². The van der Waals surface area contributed by atoms with E-state index in [-0.39, 0.29) is 11.2 Å². The molecule has 1 aromatic heterocycles. The fourth-order valence-electron chi connectivity index (χ4n) is 1.46. The molecule has 82 valence electrons. The van der Waals surface area contributed by atoms with Crippen molar-refractivity contribution in [1.82, 2.24) is 4.98 Å². The number of carbonyl (C=O) groups excluding carboxylic acids is 1. The smallest absolute Gasteiger partial charge is 0.135 e. The Morgan fingerprint density at radius 3 is 2.73 bits per heavy atom. The van der Waals surface area contributed by atoms with Crippen molar-refractivity contribution in [3.05, 3.63) is 30.1 Å². The topological polar surface area (TPSA) is 30.0 Å². The molecule has 2 nitrogen and oxygen atoms in total. The lowest BCUT2D eigenvalue weighted by Gasteiger charge is -2.20. The molecule has 0 aliphatic heterocycles. The van der Waals surface area contributed by atoms with E-state index in [1.807, 2.05) is 26.1 Å². The van der Waals surface area contributed by atoms with E-state index in [4.69, 9.17) is 0 Å². The normalized spacial score (nSPS) is 11.4. The van der Waals surface area contributed by atoms with Crippen LogP contribution in [0.1, 0.15) is 39.2 Å². The van der Waals surface area contributed by atoms with Gasteiger partial charge in [0.1, 0.15) is 5.78 Å². The first-order valence-electron chi connectivity index (χ1n) is 5.42. The Hall–Kier alpha value is -1.18. The highest BCUT2D eigenvalue weighted by Gasteiger charge is 2.22. The fraction of sp³-hybridized carbons (Fsp3) is 0.538. The minimum atomic E-state index is -0.178. The maximum Gasteiger partial charge on any atom is 0.135 e. The van der Waals surface area contributed by atoms with Crippen molar-refractivity contribution in [1.29, 1.82) is 0 Å². The number of rotatable bonds is 5. The molecule has 0 radical (unpaired) electrons. The molecule has 0 aromatic carbocycles. The van der Waals surface area contributed by atoms with Crippen LogP contribution in [0.25, 0.3) is 0 Å². The van der Waals surface area contributed by atoms with E-state index in [0.717, 1.165) is 19.3 Å². The van der Waals surface area contributed by atoms with Crippen molar-refractivity contribution in [2.75, 3.05) is 0 Å². The molecule has 0 fully saturated rings. The van der Waals surface area contributed by atoms with Crippen LogP contribution >= 0.6 is 0 Å². The molecule has 0 amide bonds. The number of pyridine rings is 1. The molecule has 0 aliphatic rings. The van der Waals surface area contributed by atoms with E-state index in [2.05, 4.69) is 11.1 Å². The summed E-state index contributed by atoms with van der Waals surface area (Å²) >= 11 is 0. The summed E-state index contributed by atoms with van der Waals surface area (Å²) < 4.78 is 0. The van der Waals surface area contributed by atoms with Crippen molar-refractivity contribution >= 4 is 5.78 Å². The van der Waals surface area contributed by atoms with Gasteiger partial charge in [-0.25, -0.2) is 0 Å². The average Bonchev–Trinajstić information content (AvgIpc) is 2.19. The Bertz CT molecular complexity index is 317. The van der Waals surface area contributed by atoms with Crippen LogP contribution in [0.3, 0.4) is 0 Å². The van der Waals surface area contributed by atoms with Crippen molar-refractivity contribution in [3.8, 4) is 0 Å². The first-order chi connectivity index (χ1) is 7.02. The zero-order valence-corrected chi connectivity index (χ0v) is 9.79. The summed E-state index contributed by atoms with van der Waals surface area (Å²) in [6.07, 6.45) is 6.66. The predicted octanol–water partition coefficient (Wildman–Crippen LogP) is 3.02. The zero-order valence-electron chi connectivity index (χ0n) is 9.79. The van der Waals surface area contributed by atoms with Gasteiger partial charge >= 0.3 is 0 Å². The zero-order chi connectivity index (χ0) is 11.3. The molecule has 0 saturated carbocycles. The van der Waals surface area contributed by atoms with Crippen LogP contribution < -0.4 is 0 Å². The molecule has 0 N–H and O–H groups in total. The maximum atomic E-state index is 11.3. The summed E-state index contributed by atoms with van der Waals surface area (Å²) in [4.78, 5) is 15.4. The second kappa shape index (κ2) is 5.06. The van der Waals surface area contributed by atoms with Gasteiger partial charge in [-0.2, -0.15) is 0 Å². The lowest BCUT2D eigenvalue weighted by atomic mass is 9.83. The van der Waals surface area contributed by atoms with Gasteiger partial charge in [0.25, 0.3) is 0 Å². The molecule has 1 aromatic rings. The maximum absolute atomic E-state index is 11.3. The summed E-state index contributed by atoms with van der Waals surface area (Å²) in [7, 11) is 0. The monoisotopic (exact) mass is 205 g/mol. The summed E-state index contributed by atoms with van der Waals surface area (Å²) in [5, 5.41) is 0. The molecule has 0 unspecified atom stereocenters. The van der Waals surface area contributed by atoms with Gasteiger partial charge < -0.3 is 0 Å². The van der Waals surface area contributed by atoms with Crippen LogP contribution in [0.4, 0.5) is 0 Å². The van der Waals surface area contributed by atoms with Crippen molar-refractivity contribution < 1.29 is 4.79 Å². The highest BCUT2D eigenvalue weighted by Crippen LogP contribution is 2.24. The minimum Gasteiger partial charge on any atom is -0.299 e. The van der Waals surface area contributed by atoms with Crippen LogP contribution in [-0.4, -0.2) is 10.8 Å². The molecule has 15 heavy (non-hydrogen) atoms. The highest BCUT2D eigenvalue weighted by atomic mass is 16.1. The number of aromatic nitrogens is 1. The molecule has 0 bridgehead atoms. The molecule has 1 heterocycles. The van der Waals surface area contributed by atoms with Crippen LogP contribution in [0.15, 0.2) is 24.5 Å². The third-order valence-electron chi connectivity index (χ3n) is 2.94. The lowest BCUT2D eigenvalue weighted by molar-refractivity contribution is -0.125. The highest BCUT2D eigenvalue weighted by molar-refractivity contribution is 5.81. The average molecular weight is 205 g/mol. The number of ketones is 1. The summed E-state index contributed by atoms with van der Waals surface area (Å²) in [6.45, 7) is 5.70. The van der Waals surface area contributed by atoms with Gasteiger partial charge in [0.05, 0.1) is 0 Å². The number of hydrogen-bond acceptors (Lipinski definition) is 2. The Kier molecular flexibility index (Phi) is 4.01. The Balaban J connectivity index is 2.37. The largest absolute Gasteiger partial charge is 0.299 e. The van der Waals surface area contributed by atoms with Gasteiger partial charge in [-0.1, -0.05) is 19.9 Å². The van der Waals surface area contributed by atoms with E-state index in [1.54, 1.807) is 13.1 Å². The van der Waals surface area contributed by atoms with Gasteiger partial charge in [0, 0.05) is 17.8 Å². The van der Waals surface area contributed by atoms with E-state index in [1.165, 1.54) is 5.56 Å². The molecular weight excluding hydrogens is 186 g/mol. The molecule has 2 heteroatoms. The van der Waals surface area contributed by atoms with Crippen LogP contribution in [0, 0.1) is 5.41 Å². The minimum absolute atomic E-state index is 0.178. The van der Waals surface area contributed by atoms with Crippen molar-refractivity contribution in [2.45, 2.75) is 40.0 Å². The first-order valence-corrected chi connectivity index (χ1v) is 5.42. The van der Waals surface area contributed by atoms with Gasteiger partial charge in [-0.3, -0.25) is 9.78 Å². The number of aryl methyl sites for hydroxylation is 1. The SMILES string of the molecule is CC(=O)C(C)(C)CCCc1cccnc1. The Labute approximate surface area is 91.7 Å². The second-order valence-corrected chi connectivity index (χ2v) is 4.65. The molecule has 1 rings (SSSR count). The molecule has 0 spiro atoms. The van der Waals surface area contributed by atoms with Gasteiger partial charge in [0.15, 0.2) is 0 Å². The number of nitrogens with zero attached hydrogens (tertiary/aromatic N) is 1. The lowest BCUT2D eigenvalue weighted by Crippen LogP contribution is -2.21. The second-order valence-electron chi connectivity index (χ2n) is 4.65. The fourth-order valence-corrected chi connectivity index (χ4v) is 1.46. The van der Waals surface area contributed by atoms with Gasteiger partial charge in [-0.05, 0) is 37.8 Å². The standard InChI is InChI=1S/C13H19NO/c1-11(15)13(2,3)8-4-6-12-7-5-9-14-10-12/h5,7,9-10H,4,6,8H2,1-3H3. The van der Waals surface area contributed by atoms with E-state index >= 15 is 0 Å². The molecule has 0 saturated heterocycles. The number of hydrogen-bond donors (Lipinski definition) is 0. The quantitative estimate of drug-likeness (QED) is 0.739. The van der Waals surface area contributed by atoms with Crippen LogP contribution in [0.5, 0.6) is 0 Å². The third kappa shape index (κ3) is 3.82. The molecule has 0 aliphatic carbocycles. The van der Waals surface area contributed by atoms with Crippen LogP contribution in [-0.2, 0) is 11.2 Å². The van der Waals surface area contributed by atoms with Gasteiger partial charge in [0.2, 0.25) is 0 Å². The van der Waals surface area contributed by atoms with E-state index in [0.29, 0.717) is 0 Å². The third-order valence-corrected chi connectivity index (χ3v) is 2.94. The van der Waals surface area contributed by atoms with Gasteiger partial charge in [-0.15, -0.1) is 0 Å². The van der Waals surface area contributed by atoms with Crippen molar-refractivity contribution in [3.63, 3.8) is 0 Å². The van der Waals surface area contributed by atoms with E-state index in [9.17, 15) is 4.79 Å². The summed E-state index contributed by atoms with van der Waals surface area (Å²) in [5.41, 5.74) is 1.07. The van der Waals surface area contributed by atoms with Crippen molar-refractivity contribution in [2.24, 2.45) is 5.41 Å². The molecular formula is C13H19NO. The van der Waals surface area contributed by atoms with Crippen LogP contribution in [0.2, 0.25) is 0 Å². The predicted molar refractivity (Wildman–Crippen MR) is 61.6 cm³/mol.